The van der Waals surface area contributed by atoms with Crippen molar-refractivity contribution in [3.63, 3.8) is 0 Å². The fourth-order valence-corrected chi connectivity index (χ4v) is 4.46. The van der Waals surface area contributed by atoms with E-state index in [1.807, 2.05) is 62.7 Å². The van der Waals surface area contributed by atoms with Gasteiger partial charge in [0.25, 0.3) is 5.91 Å². The van der Waals surface area contributed by atoms with E-state index in [2.05, 4.69) is 10.4 Å². The molecule has 3 aromatic rings. The minimum atomic E-state index is -0.155. The molecule has 0 unspecified atom stereocenters. The molecule has 0 saturated heterocycles. The summed E-state index contributed by atoms with van der Waals surface area (Å²) in [5.41, 5.74) is 1.84. The number of hydrogen-bond donors (Lipinski definition) is 1. The molecule has 0 radical (unpaired) electrons. The second-order valence-electron chi connectivity index (χ2n) is 7.21. The van der Waals surface area contributed by atoms with E-state index in [0.29, 0.717) is 23.0 Å². The molecular formula is C21H25ClN4O2S. The van der Waals surface area contributed by atoms with Crippen LogP contribution in [-0.4, -0.2) is 45.6 Å². The smallest absolute Gasteiger partial charge is 0.264 e. The number of amides is 2. The lowest BCUT2D eigenvalue weighted by molar-refractivity contribution is -0.122. The summed E-state index contributed by atoms with van der Waals surface area (Å²) < 4.78 is 1.88. The van der Waals surface area contributed by atoms with E-state index in [9.17, 15) is 9.59 Å². The summed E-state index contributed by atoms with van der Waals surface area (Å²) in [6.45, 7) is 8.64. The lowest BCUT2D eigenvalue weighted by atomic mass is 10.2. The molecule has 0 bridgehead atoms. The molecule has 2 aromatic heterocycles. The molecule has 1 N–H and O–H groups in total. The Balaban J connectivity index is 1.86. The van der Waals surface area contributed by atoms with Crippen molar-refractivity contribution < 1.29 is 9.59 Å². The Bertz CT molecular complexity index is 1040. The number of hydrogen-bond acceptors (Lipinski definition) is 4. The maximum Gasteiger partial charge on any atom is 0.264 e. The first-order chi connectivity index (χ1) is 13.8. The largest absolute Gasteiger partial charge is 0.352 e. The first-order valence-electron chi connectivity index (χ1n) is 9.59. The van der Waals surface area contributed by atoms with Crippen molar-refractivity contribution in [2.24, 2.45) is 0 Å². The Morgan fingerprint density at radius 1 is 1.31 bits per heavy atom. The fourth-order valence-electron chi connectivity index (χ4n) is 3.14. The summed E-state index contributed by atoms with van der Waals surface area (Å²) in [6.07, 6.45) is 0. The Kier molecular flexibility index (Phi) is 6.59. The topological polar surface area (TPSA) is 67.2 Å². The van der Waals surface area contributed by atoms with Gasteiger partial charge in [-0.05, 0) is 45.4 Å². The first-order valence-corrected chi connectivity index (χ1v) is 10.8. The molecule has 0 saturated carbocycles. The summed E-state index contributed by atoms with van der Waals surface area (Å²) in [7, 11) is 0. The minimum absolute atomic E-state index is 0.0408. The van der Waals surface area contributed by atoms with Crippen molar-refractivity contribution >= 4 is 45.0 Å². The second kappa shape index (κ2) is 8.97. The number of rotatable bonds is 7. The highest BCUT2D eigenvalue weighted by molar-refractivity contribution is 7.20. The zero-order valence-corrected chi connectivity index (χ0v) is 18.6. The number of likely N-dealkylation sites (N-methyl/N-ethyl adjacent to an activating group) is 1. The van der Waals surface area contributed by atoms with Crippen LogP contribution >= 0.6 is 22.9 Å². The number of carbonyl (C=O) groups is 2. The van der Waals surface area contributed by atoms with Crippen LogP contribution < -0.4 is 5.32 Å². The van der Waals surface area contributed by atoms with E-state index in [1.165, 1.54) is 11.3 Å². The van der Waals surface area contributed by atoms with Gasteiger partial charge < -0.3 is 10.2 Å². The van der Waals surface area contributed by atoms with Crippen molar-refractivity contribution in [1.29, 1.82) is 0 Å². The summed E-state index contributed by atoms with van der Waals surface area (Å²) in [6, 6.07) is 9.58. The normalized spacial score (nSPS) is 11.2. The van der Waals surface area contributed by atoms with Crippen LogP contribution in [0.4, 0.5) is 0 Å². The van der Waals surface area contributed by atoms with Gasteiger partial charge in [-0.15, -0.1) is 11.3 Å². The molecule has 2 amide bonds. The summed E-state index contributed by atoms with van der Waals surface area (Å²) in [4.78, 5) is 28.2. The van der Waals surface area contributed by atoms with E-state index in [1.54, 1.807) is 4.90 Å². The van der Waals surface area contributed by atoms with Gasteiger partial charge in [0.05, 0.1) is 23.7 Å². The Morgan fingerprint density at radius 2 is 2.03 bits per heavy atom. The molecule has 0 spiro atoms. The standard InChI is InChI=1S/C21H25ClN4O2S/c1-5-25(12-19(27)23-13(2)3)20(28)18-10-16-14(4)24-26(21(16)29-18)11-15-8-6-7-9-17(15)22/h6-10,13H,5,11-12H2,1-4H3,(H,23,27). The number of thiophene rings is 1. The van der Waals surface area contributed by atoms with E-state index >= 15 is 0 Å². The third-order valence-corrected chi connectivity index (χ3v) is 6.05. The maximum absolute atomic E-state index is 13.0. The summed E-state index contributed by atoms with van der Waals surface area (Å²) in [5, 5.41) is 9.08. The van der Waals surface area contributed by atoms with E-state index in [0.717, 1.165) is 21.5 Å². The molecule has 8 heteroatoms. The molecule has 154 valence electrons. The van der Waals surface area contributed by atoms with Crippen LogP contribution in [0, 0.1) is 6.92 Å². The summed E-state index contributed by atoms with van der Waals surface area (Å²) >= 11 is 7.69. The number of halogens is 1. The molecule has 2 heterocycles. The van der Waals surface area contributed by atoms with Crippen LogP contribution in [0.2, 0.25) is 5.02 Å². The van der Waals surface area contributed by atoms with E-state index in [-0.39, 0.29) is 24.4 Å². The van der Waals surface area contributed by atoms with Gasteiger partial charge in [0, 0.05) is 23.0 Å². The van der Waals surface area contributed by atoms with Crippen LogP contribution in [0.15, 0.2) is 30.3 Å². The lowest BCUT2D eigenvalue weighted by Gasteiger charge is -2.20. The zero-order valence-electron chi connectivity index (χ0n) is 17.0. The van der Waals surface area contributed by atoms with Crippen LogP contribution in [0.25, 0.3) is 10.2 Å². The Labute approximate surface area is 179 Å². The molecule has 0 fully saturated rings. The minimum Gasteiger partial charge on any atom is -0.352 e. The van der Waals surface area contributed by atoms with Gasteiger partial charge in [-0.3, -0.25) is 14.3 Å². The average molecular weight is 433 g/mol. The third-order valence-electron chi connectivity index (χ3n) is 4.55. The van der Waals surface area contributed by atoms with Crippen molar-refractivity contribution in [2.45, 2.75) is 40.3 Å². The van der Waals surface area contributed by atoms with Gasteiger partial charge in [0.1, 0.15) is 4.83 Å². The molecular weight excluding hydrogens is 408 g/mol. The molecule has 1 aromatic carbocycles. The quantitative estimate of drug-likeness (QED) is 0.611. The van der Waals surface area contributed by atoms with Gasteiger partial charge in [-0.25, -0.2) is 0 Å². The van der Waals surface area contributed by atoms with Gasteiger partial charge >= 0.3 is 0 Å². The molecule has 0 aliphatic heterocycles. The van der Waals surface area contributed by atoms with Crippen molar-refractivity contribution in [1.82, 2.24) is 20.0 Å². The second-order valence-corrected chi connectivity index (χ2v) is 8.64. The SMILES string of the molecule is CCN(CC(=O)NC(C)C)C(=O)c1cc2c(C)nn(Cc3ccccc3Cl)c2s1. The predicted molar refractivity (Wildman–Crippen MR) is 118 cm³/mol. The van der Waals surface area contributed by atoms with Gasteiger partial charge in [0.2, 0.25) is 5.91 Å². The first kappa shape index (κ1) is 21.3. The zero-order chi connectivity index (χ0) is 21.1. The van der Waals surface area contributed by atoms with Crippen LogP contribution in [0.1, 0.15) is 41.7 Å². The van der Waals surface area contributed by atoms with Crippen molar-refractivity contribution in [2.75, 3.05) is 13.1 Å². The van der Waals surface area contributed by atoms with Crippen LogP contribution in [0.3, 0.4) is 0 Å². The fraction of sp³-hybridized carbons (Fsp3) is 0.381. The number of aromatic nitrogens is 2. The van der Waals surface area contributed by atoms with Crippen LogP contribution in [0.5, 0.6) is 0 Å². The van der Waals surface area contributed by atoms with E-state index in [4.69, 9.17) is 11.6 Å². The molecule has 6 nitrogen and oxygen atoms in total. The molecule has 0 aliphatic carbocycles. The molecule has 29 heavy (non-hydrogen) atoms. The number of nitrogens with zero attached hydrogens (tertiary/aromatic N) is 3. The van der Waals surface area contributed by atoms with Gasteiger partial charge in [-0.2, -0.15) is 5.10 Å². The number of carbonyl (C=O) groups excluding carboxylic acids is 2. The average Bonchev–Trinajstić information content (AvgIpc) is 3.22. The Hall–Kier alpha value is -2.38. The Morgan fingerprint density at radius 3 is 2.69 bits per heavy atom. The van der Waals surface area contributed by atoms with Gasteiger partial charge in [-0.1, -0.05) is 29.8 Å². The highest BCUT2D eigenvalue weighted by Gasteiger charge is 2.22. The molecule has 0 aliphatic rings. The van der Waals surface area contributed by atoms with Crippen molar-refractivity contribution in [3.05, 3.63) is 51.5 Å². The molecule has 3 rings (SSSR count). The number of benzene rings is 1. The third kappa shape index (κ3) is 4.79. The van der Waals surface area contributed by atoms with Crippen molar-refractivity contribution in [3.8, 4) is 0 Å². The number of fused-ring (bicyclic) bond motifs is 1. The number of aryl methyl sites for hydroxylation is 1. The molecule has 0 atom stereocenters. The highest BCUT2D eigenvalue weighted by atomic mass is 35.5. The lowest BCUT2D eigenvalue weighted by Crippen LogP contribution is -2.42. The van der Waals surface area contributed by atoms with Gasteiger partial charge in [0.15, 0.2) is 0 Å². The van der Waals surface area contributed by atoms with Crippen LogP contribution in [-0.2, 0) is 11.3 Å². The monoisotopic (exact) mass is 432 g/mol. The van der Waals surface area contributed by atoms with E-state index < -0.39 is 0 Å². The highest BCUT2D eigenvalue weighted by Crippen LogP contribution is 2.30. The predicted octanol–water partition coefficient (Wildman–Crippen LogP) is 4.09. The summed E-state index contributed by atoms with van der Waals surface area (Å²) in [5.74, 6) is -0.298. The maximum atomic E-state index is 13.0. The number of nitrogens with one attached hydrogen (secondary N) is 1.